The second kappa shape index (κ2) is 16.7. The molecule has 2 aromatic carbocycles. The molecule has 0 radical (unpaired) electrons. The van der Waals surface area contributed by atoms with Gasteiger partial charge in [0.1, 0.15) is 0 Å². The van der Waals surface area contributed by atoms with E-state index in [4.69, 9.17) is 0 Å². The van der Waals surface area contributed by atoms with E-state index in [0.29, 0.717) is 5.92 Å². The molecule has 4 rings (SSSR count). The number of benzene rings is 2. The van der Waals surface area contributed by atoms with Crippen LogP contribution in [-0.4, -0.2) is 75.6 Å². The Morgan fingerprint density at radius 2 is 1.47 bits per heavy atom. The van der Waals surface area contributed by atoms with Crippen molar-refractivity contribution in [2.24, 2.45) is 11.8 Å². The zero-order valence-corrected chi connectivity index (χ0v) is 23.5. The fraction of sp³-hybridized carbons (Fsp3) is 0.600. The van der Waals surface area contributed by atoms with E-state index in [0.717, 1.165) is 67.8 Å². The highest BCUT2D eigenvalue weighted by Crippen LogP contribution is 2.19. The lowest BCUT2D eigenvalue weighted by Crippen LogP contribution is -2.45. The predicted octanol–water partition coefficient (Wildman–Crippen LogP) is 3.12. The molecule has 7 nitrogen and oxygen atoms in total. The number of amides is 2. The molecule has 2 aliphatic rings. The molecule has 0 saturated carbocycles. The number of nitrogens with zero attached hydrogens (tertiary/aromatic N) is 1. The lowest BCUT2D eigenvalue weighted by Gasteiger charge is -2.32. The Balaban J connectivity index is 0.00000400. The number of rotatable bonds is 13. The maximum atomic E-state index is 12.6. The van der Waals surface area contributed by atoms with Crippen molar-refractivity contribution in [3.8, 4) is 0 Å². The number of likely N-dealkylation sites (tertiary alicyclic amines) is 1. The maximum Gasteiger partial charge on any atom is 0.241 e. The van der Waals surface area contributed by atoms with Crippen LogP contribution in [0, 0.1) is 11.8 Å². The van der Waals surface area contributed by atoms with Gasteiger partial charge in [-0.1, -0.05) is 42.5 Å². The van der Waals surface area contributed by atoms with Gasteiger partial charge < -0.3 is 26.2 Å². The van der Waals surface area contributed by atoms with Crippen molar-refractivity contribution in [1.82, 2.24) is 26.2 Å². The first-order valence-corrected chi connectivity index (χ1v) is 14.3. The van der Waals surface area contributed by atoms with Gasteiger partial charge in [-0.05, 0) is 106 Å². The Labute approximate surface area is 234 Å². The summed E-state index contributed by atoms with van der Waals surface area (Å²) in [5.41, 5.74) is 0.991. The first-order valence-electron chi connectivity index (χ1n) is 14.3. The molecule has 0 unspecified atom stereocenters. The number of fused-ring (bicyclic) bond motifs is 1. The van der Waals surface area contributed by atoms with Crippen LogP contribution in [0.15, 0.2) is 42.5 Å². The summed E-state index contributed by atoms with van der Waals surface area (Å²) in [5, 5.41) is 15.7. The number of halogens is 1. The summed E-state index contributed by atoms with van der Waals surface area (Å²) in [6.45, 7) is 8.38. The third-order valence-corrected chi connectivity index (χ3v) is 7.92. The van der Waals surface area contributed by atoms with Gasteiger partial charge in [0.15, 0.2) is 0 Å². The normalized spacial score (nSPS) is 16.8. The van der Waals surface area contributed by atoms with Crippen LogP contribution in [0.4, 0.5) is 0 Å². The van der Waals surface area contributed by atoms with Crippen molar-refractivity contribution in [3.63, 3.8) is 0 Å². The highest BCUT2D eigenvalue weighted by Gasteiger charge is 2.22. The monoisotopic (exact) mass is 543 g/mol. The maximum absolute atomic E-state index is 12.6. The van der Waals surface area contributed by atoms with Crippen LogP contribution in [0.5, 0.6) is 0 Å². The summed E-state index contributed by atoms with van der Waals surface area (Å²) < 4.78 is 0. The molecule has 38 heavy (non-hydrogen) atoms. The van der Waals surface area contributed by atoms with Gasteiger partial charge in [0.25, 0.3) is 0 Å². The second-order valence-corrected chi connectivity index (χ2v) is 10.7. The molecule has 0 spiro atoms. The van der Waals surface area contributed by atoms with E-state index in [2.05, 4.69) is 33.4 Å². The largest absolute Gasteiger partial charge is 0.347 e. The van der Waals surface area contributed by atoms with Crippen LogP contribution in [0.1, 0.15) is 44.1 Å². The quantitative estimate of drug-likeness (QED) is 0.292. The molecule has 0 atom stereocenters. The molecule has 0 aliphatic carbocycles. The lowest BCUT2D eigenvalue weighted by atomic mass is 9.96. The number of unbranched alkanes of at least 4 members (excludes halogenated alkanes) is 1. The summed E-state index contributed by atoms with van der Waals surface area (Å²) >= 11 is 0. The number of hydrogen-bond acceptors (Lipinski definition) is 5. The Morgan fingerprint density at radius 1 is 0.842 bits per heavy atom. The molecule has 0 aromatic heterocycles. The third kappa shape index (κ3) is 9.84. The van der Waals surface area contributed by atoms with Gasteiger partial charge in [0.2, 0.25) is 11.8 Å². The Bertz CT molecular complexity index is 984. The fourth-order valence-corrected chi connectivity index (χ4v) is 5.55. The molecule has 0 bridgehead atoms. The predicted molar refractivity (Wildman–Crippen MR) is 158 cm³/mol. The van der Waals surface area contributed by atoms with Crippen molar-refractivity contribution < 1.29 is 9.59 Å². The van der Waals surface area contributed by atoms with Crippen LogP contribution in [-0.2, 0) is 16.0 Å². The van der Waals surface area contributed by atoms with Crippen LogP contribution >= 0.6 is 12.4 Å². The number of carbonyl (C=O) groups excluding carboxylic acids is 2. The van der Waals surface area contributed by atoms with Crippen LogP contribution in [0.2, 0.25) is 0 Å². The van der Waals surface area contributed by atoms with E-state index in [9.17, 15) is 9.59 Å². The molecule has 2 aliphatic heterocycles. The van der Waals surface area contributed by atoms with Gasteiger partial charge >= 0.3 is 0 Å². The van der Waals surface area contributed by atoms with Gasteiger partial charge in [0, 0.05) is 13.1 Å². The topological polar surface area (TPSA) is 85.5 Å². The summed E-state index contributed by atoms with van der Waals surface area (Å²) in [7, 11) is 0. The van der Waals surface area contributed by atoms with Crippen molar-refractivity contribution in [1.29, 1.82) is 0 Å². The first-order chi connectivity index (χ1) is 18.2. The van der Waals surface area contributed by atoms with Crippen LogP contribution in [0.25, 0.3) is 10.8 Å². The average molecular weight is 544 g/mol. The zero-order chi connectivity index (χ0) is 25.7. The molecule has 4 N–H and O–H groups in total. The highest BCUT2D eigenvalue weighted by molar-refractivity contribution is 5.91. The SMILES string of the molecule is Cl.O=C(Cc1cccc2ccccc12)NCC(=O)N1CCC(CNCCCCNCC2CCNCC2)CC1. The van der Waals surface area contributed by atoms with Gasteiger partial charge in [-0.2, -0.15) is 0 Å². The van der Waals surface area contributed by atoms with Crippen LogP contribution in [0.3, 0.4) is 0 Å². The van der Waals surface area contributed by atoms with Gasteiger partial charge in [-0.3, -0.25) is 9.59 Å². The minimum Gasteiger partial charge on any atom is -0.347 e. The van der Waals surface area contributed by atoms with E-state index in [1.54, 1.807) is 0 Å². The van der Waals surface area contributed by atoms with E-state index in [-0.39, 0.29) is 37.2 Å². The average Bonchev–Trinajstić information content (AvgIpc) is 2.94. The van der Waals surface area contributed by atoms with Crippen molar-refractivity contribution in [2.75, 3.05) is 58.9 Å². The van der Waals surface area contributed by atoms with E-state index < -0.39 is 0 Å². The fourth-order valence-electron chi connectivity index (χ4n) is 5.55. The Hall–Kier alpha value is -2.19. The zero-order valence-electron chi connectivity index (χ0n) is 22.7. The first kappa shape index (κ1) is 30.4. The molecule has 2 saturated heterocycles. The van der Waals surface area contributed by atoms with Gasteiger partial charge in [0.05, 0.1) is 13.0 Å². The summed E-state index contributed by atoms with van der Waals surface area (Å²) in [4.78, 5) is 27.1. The number of carbonyl (C=O) groups is 2. The summed E-state index contributed by atoms with van der Waals surface area (Å²) in [5.74, 6) is 1.39. The molecule has 2 heterocycles. The highest BCUT2D eigenvalue weighted by atomic mass is 35.5. The van der Waals surface area contributed by atoms with E-state index >= 15 is 0 Å². The number of nitrogens with one attached hydrogen (secondary N) is 4. The molecule has 2 amide bonds. The Kier molecular flexibility index (Phi) is 13.3. The lowest BCUT2D eigenvalue weighted by molar-refractivity contribution is -0.133. The van der Waals surface area contributed by atoms with Gasteiger partial charge in [-0.15, -0.1) is 12.4 Å². The Morgan fingerprint density at radius 3 is 2.18 bits per heavy atom. The smallest absolute Gasteiger partial charge is 0.241 e. The molecular weight excluding hydrogens is 498 g/mol. The number of hydrogen-bond donors (Lipinski definition) is 4. The van der Waals surface area contributed by atoms with Crippen LogP contribution < -0.4 is 21.3 Å². The van der Waals surface area contributed by atoms with E-state index in [1.165, 1.54) is 45.3 Å². The van der Waals surface area contributed by atoms with E-state index in [1.807, 2.05) is 35.2 Å². The molecule has 2 aromatic rings. The standard InChI is InChI=1S/C30H45N5O2.ClH/c36-29(20-27-8-5-7-26-6-1-2-9-28(26)27)34-23-30(37)35-18-12-25(13-19-35)22-33-15-4-3-14-32-21-24-10-16-31-17-11-24;/h1-2,5-9,24-25,31-33H,3-4,10-23H2,(H,34,36);1H. The summed E-state index contributed by atoms with van der Waals surface area (Å²) in [6, 6.07) is 14.1. The van der Waals surface area contributed by atoms with Crippen molar-refractivity contribution in [3.05, 3.63) is 48.0 Å². The molecule has 8 heteroatoms. The molecule has 2 fully saturated rings. The second-order valence-electron chi connectivity index (χ2n) is 10.7. The van der Waals surface area contributed by atoms with Gasteiger partial charge in [-0.25, -0.2) is 0 Å². The minimum absolute atomic E-state index is 0. The summed E-state index contributed by atoms with van der Waals surface area (Å²) in [6.07, 6.45) is 7.38. The van der Waals surface area contributed by atoms with Crippen molar-refractivity contribution in [2.45, 2.75) is 44.9 Å². The molecular formula is C30H46ClN5O2. The van der Waals surface area contributed by atoms with Crippen molar-refractivity contribution >= 4 is 35.0 Å². The minimum atomic E-state index is -0.106. The number of piperidine rings is 2. The molecule has 210 valence electrons. The third-order valence-electron chi connectivity index (χ3n) is 7.92.